The monoisotopic (exact) mass is 456 g/mol. The molecule has 0 fully saturated rings. The molecule has 2 atom stereocenters. The van der Waals surface area contributed by atoms with Crippen LogP contribution >= 0.6 is 23.2 Å². The first-order valence-corrected chi connectivity index (χ1v) is 10.2. The highest BCUT2D eigenvalue weighted by Gasteiger charge is 2.46. The van der Waals surface area contributed by atoms with Gasteiger partial charge < -0.3 is 14.8 Å². The average Bonchev–Trinajstić information content (AvgIpc) is 2.65. The molecule has 0 aliphatic heterocycles. The highest BCUT2D eigenvalue weighted by molar-refractivity contribution is 6.30. The molecule has 0 saturated carbocycles. The van der Waals surface area contributed by atoms with Crippen LogP contribution in [0.15, 0.2) is 24.3 Å². The summed E-state index contributed by atoms with van der Waals surface area (Å²) in [5, 5.41) is 12.9. The molecule has 30 heavy (non-hydrogen) atoms. The van der Waals surface area contributed by atoms with Gasteiger partial charge in [-0.15, -0.1) is 11.6 Å². The maximum Gasteiger partial charge on any atom is 0.347 e. The fourth-order valence-electron chi connectivity index (χ4n) is 2.50. The van der Waals surface area contributed by atoms with Crippen molar-refractivity contribution in [2.24, 2.45) is 5.92 Å². The number of hydrogen-bond donors (Lipinski definition) is 1. The van der Waals surface area contributed by atoms with E-state index in [-0.39, 0.29) is 6.42 Å². The largest absolute Gasteiger partial charge is 0.457 e. The van der Waals surface area contributed by atoms with Crippen LogP contribution in [0.5, 0.6) is 0 Å². The molecule has 0 saturated heterocycles. The van der Waals surface area contributed by atoms with Crippen molar-refractivity contribution in [2.75, 3.05) is 5.88 Å². The predicted octanol–water partition coefficient (Wildman–Crippen LogP) is 3.41. The molecule has 0 bridgehead atoms. The number of carbonyl (C=O) groups is 3. The normalized spacial score (nSPS) is 14.2. The fraction of sp³-hybridized carbons (Fsp3) is 0.524. The van der Waals surface area contributed by atoms with Crippen molar-refractivity contribution in [1.82, 2.24) is 5.32 Å². The van der Waals surface area contributed by atoms with Gasteiger partial charge in [0.05, 0.1) is 0 Å². The summed E-state index contributed by atoms with van der Waals surface area (Å²) in [6.45, 7) is 8.27. The first-order chi connectivity index (χ1) is 13.8. The van der Waals surface area contributed by atoms with Crippen molar-refractivity contribution >= 4 is 41.0 Å². The molecular formula is C21H26Cl2N2O5. The number of rotatable bonds is 8. The number of hydrogen-bond acceptors (Lipinski definition) is 6. The van der Waals surface area contributed by atoms with E-state index in [9.17, 15) is 19.6 Å². The van der Waals surface area contributed by atoms with E-state index in [1.54, 1.807) is 58.9 Å². The topological polar surface area (TPSA) is 105 Å². The van der Waals surface area contributed by atoms with E-state index in [1.807, 2.05) is 6.07 Å². The van der Waals surface area contributed by atoms with Crippen LogP contribution in [-0.2, 0) is 30.3 Å². The van der Waals surface area contributed by atoms with E-state index < -0.39 is 46.9 Å². The van der Waals surface area contributed by atoms with Crippen LogP contribution in [0.1, 0.15) is 40.2 Å². The second-order valence-electron chi connectivity index (χ2n) is 8.10. The molecule has 164 valence electrons. The summed E-state index contributed by atoms with van der Waals surface area (Å²) in [5.41, 5.74) is -2.36. The Labute approximate surface area is 186 Å². The van der Waals surface area contributed by atoms with Gasteiger partial charge in [0.25, 0.3) is 5.91 Å². The minimum Gasteiger partial charge on any atom is -0.457 e. The Hall–Kier alpha value is -2.30. The standard InChI is InChI=1S/C21H26Cl2N2O5/c1-13(2)17(29-16(26)11-22)18(27)25-21(12-24,19(28)30-20(3,4)5)10-14-6-8-15(23)9-7-14/h6-9,13,17H,10-11H2,1-5H3,(H,25,27). The number of halogens is 2. The van der Waals surface area contributed by atoms with E-state index in [0.29, 0.717) is 10.6 Å². The lowest BCUT2D eigenvalue weighted by Crippen LogP contribution is -2.60. The number of benzene rings is 1. The number of nitrogens with one attached hydrogen (secondary N) is 1. The zero-order chi connectivity index (χ0) is 23.1. The zero-order valence-corrected chi connectivity index (χ0v) is 19.1. The smallest absolute Gasteiger partial charge is 0.347 e. The second kappa shape index (κ2) is 10.6. The van der Waals surface area contributed by atoms with Crippen molar-refractivity contribution in [3.8, 4) is 6.07 Å². The predicted molar refractivity (Wildman–Crippen MR) is 113 cm³/mol. The number of nitriles is 1. The van der Waals surface area contributed by atoms with E-state index >= 15 is 0 Å². The summed E-state index contributed by atoms with van der Waals surface area (Å²) < 4.78 is 10.5. The maximum atomic E-state index is 13.0. The van der Waals surface area contributed by atoms with Gasteiger partial charge in [-0.25, -0.2) is 4.79 Å². The van der Waals surface area contributed by atoms with Crippen LogP contribution in [0, 0.1) is 17.2 Å². The lowest BCUT2D eigenvalue weighted by molar-refractivity contribution is -0.164. The summed E-state index contributed by atoms with van der Waals surface area (Å²) in [6.07, 6.45) is -1.41. The number of amides is 1. The number of nitrogens with zero attached hydrogens (tertiary/aromatic N) is 1. The number of carbonyl (C=O) groups excluding carboxylic acids is 3. The van der Waals surface area contributed by atoms with Crippen molar-refractivity contribution in [3.05, 3.63) is 34.9 Å². The molecule has 0 radical (unpaired) electrons. The van der Waals surface area contributed by atoms with Crippen molar-refractivity contribution < 1.29 is 23.9 Å². The number of ether oxygens (including phenoxy) is 2. The van der Waals surface area contributed by atoms with Crippen LogP contribution in [0.3, 0.4) is 0 Å². The molecule has 0 aliphatic rings. The highest BCUT2D eigenvalue weighted by atomic mass is 35.5. The van der Waals surface area contributed by atoms with Gasteiger partial charge in [-0.1, -0.05) is 37.6 Å². The van der Waals surface area contributed by atoms with Gasteiger partial charge in [0.15, 0.2) is 6.10 Å². The minimum atomic E-state index is -2.04. The van der Waals surface area contributed by atoms with Crippen molar-refractivity contribution in [1.29, 1.82) is 5.26 Å². The minimum absolute atomic E-state index is 0.171. The average molecular weight is 457 g/mol. The van der Waals surface area contributed by atoms with Crippen LogP contribution in [0.4, 0.5) is 0 Å². The molecular weight excluding hydrogens is 431 g/mol. The molecule has 1 rings (SSSR count). The molecule has 7 nitrogen and oxygen atoms in total. The SMILES string of the molecule is CC(C)C(OC(=O)CCl)C(=O)NC(C#N)(Cc1ccc(Cl)cc1)C(=O)OC(C)(C)C. The van der Waals surface area contributed by atoms with Gasteiger partial charge in [-0.05, 0) is 44.4 Å². The molecule has 0 aliphatic carbocycles. The van der Waals surface area contributed by atoms with Gasteiger partial charge in [-0.3, -0.25) is 9.59 Å². The Morgan fingerprint density at radius 2 is 1.73 bits per heavy atom. The van der Waals surface area contributed by atoms with Crippen molar-refractivity contribution in [3.63, 3.8) is 0 Å². The molecule has 0 spiro atoms. The zero-order valence-electron chi connectivity index (χ0n) is 17.6. The van der Waals surface area contributed by atoms with Crippen LogP contribution in [-0.4, -0.2) is 41.0 Å². The molecule has 2 unspecified atom stereocenters. The Kier molecular flexibility index (Phi) is 9.13. The van der Waals surface area contributed by atoms with Gasteiger partial charge in [-0.2, -0.15) is 5.26 Å². The third kappa shape index (κ3) is 7.51. The number of esters is 2. The van der Waals surface area contributed by atoms with Gasteiger partial charge in [0.1, 0.15) is 17.6 Å². The first kappa shape index (κ1) is 25.7. The third-order valence-corrected chi connectivity index (χ3v) is 4.36. The summed E-state index contributed by atoms with van der Waals surface area (Å²) in [6, 6.07) is 8.37. The lowest BCUT2D eigenvalue weighted by Gasteiger charge is -2.32. The first-order valence-electron chi connectivity index (χ1n) is 9.30. The summed E-state index contributed by atoms with van der Waals surface area (Å²) in [5.74, 6) is -3.38. The van der Waals surface area contributed by atoms with Gasteiger partial charge in [0, 0.05) is 11.4 Å². The van der Waals surface area contributed by atoms with E-state index in [2.05, 4.69) is 5.32 Å². The molecule has 1 aromatic carbocycles. The fourth-order valence-corrected chi connectivity index (χ4v) is 2.69. The van der Waals surface area contributed by atoms with Crippen LogP contribution in [0.2, 0.25) is 5.02 Å². The quantitative estimate of drug-likeness (QED) is 0.474. The second-order valence-corrected chi connectivity index (χ2v) is 8.80. The van der Waals surface area contributed by atoms with E-state index in [4.69, 9.17) is 32.7 Å². The van der Waals surface area contributed by atoms with E-state index in [1.165, 1.54) is 0 Å². The summed E-state index contributed by atoms with van der Waals surface area (Å²) in [4.78, 5) is 37.5. The molecule has 9 heteroatoms. The summed E-state index contributed by atoms with van der Waals surface area (Å²) >= 11 is 11.4. The molecule has 0 heterocycles. The molecule has 1 amide bonds. The number of alkyl halides is 1. The molecule has 0 aromatic heterocycles. The van der Waals surface area contributed by atoms with Gasteiger partial charge >= 0.3 is 11.9 Å². The van der Waals surface area contributed by atoms with Crippen molar-refractivity contribution in [2.45, 2.75) is 58.3 Å². The van der Waals surface area contributed by atoms with Gasteiger partial charge in [0.2, 0.25) is 5.54 Å². The van der Waals surface area contributed by atoms with E-state index in [0.717, 1.165) is 0 Å². The Morgan fingerprint density at radius 1 is 1.17 bits per heavy atom. The Bertz CT molecular complexity index is 812. The highest BCUT2D eigenvalue weighted by Crippen LogP contribution is 2.22. The van der Waals surface area contributed by atoms with Crippen LogP contribution < -0.4 is 5.32 Å². The van der Waals surface area contributed by atoms with Crippen LogP contribution in [0.25, 0.3) is 0 Å². The third-order valence-electron chi connectivity index (χ3n) is 3.89. The Balaban J connectivity index is 3.31. The lowest BCUT2D eigenvalue weighted by atomic mass is 9.90. The molecule has 1 aromatic rings. The summed E-state index contributed by atoms with van der Waals surface area (Å²) in [7, 11) is 0. The Morgan fingerprint density at radius 3 is 2.17 bits per heavy atom. The maximum absolute atomic E-state index is 13.0. The molecule has 1 N–H and O–H groups in total.